The number of fused-ring (bicyclic) bond motifs is 1. The van der Waals surface area contributed by atoms with E-state index in [0.29, 0.717) is 0 Å². The maximum absolute atomic E-state index is 5.97. The van der Waals surface area contributed by atoms with Crippen molar-refractivity contribution in [2.24, 2.45) is 0 Å². The van der Waals surface area contributed by atoms with Gasteiger partial charge in [-0.2, -0.15) is 0 Å². The van der Waals surface area contributed by atoms with Gasteiger partial charge in [0.05, 0.1) is 0 Å². The Morgan fingerprint density at radius 2 is 0.708 bits per heavy atom. The molecule has 0 radical (unpaired) electrons. The van der Waals surface area contributed by atoms with Crippen molar-refractivity contribution < 1.29 is 0 Å². The molecule has 0 heterocycles. The van der Waals surface area contributed by atoms with Crippen molar-refractivity contribution in [1.29, 1.82) is 0 Å². The van der Waals surface area contributed by atoms with E-state index in [1.807, 2.05) is 48.5 Å². The maximum atomic E-state index is 5.97. The van der Waals surface area contributed by atoms with E-state index in [1.165, 1.54) is 33.0 Å². The monoisotopic (exact) mass is 348 g/mol. The fourth-order valence-corrected chi connectivity index (χ4v) is 3.14. The minimum atomic E-state index is 0.757. The summed E-state index contributed by atoms with van der Waals surface area (Å²) in [5, 5.41) is 3.96. The topological polar surface area (TPSA) is 0 Å². The summed E-state index contributed by atoms with van der Waals surface area (Å²) in [6.07, 6.45) is 0. The van der Waals surface area contributed by atoms with Crippen LogP contribution >= 0.6 is 23.2 Å². The normalized spacial score (nSPS) is 10.9. The van der Waals surface area contributed by atoms with Crippen LogP contribution in [0.4, 0.5) is 0 Å². The van der Waals surface area contributed by atoms with E-state index in [2.05, 4.69) is 36.4 Å². The van der Waals surface area contributed by atoms with Crippen LogP contribution in [-0.2, 0) is 0 Å². The van der Waals surface area contributed by atoms with Crippen molar-refractivity contribution in [3.8, 4) is 22.3 Å². The summed E-state index contributed by atoms with van der Waals surface area (Å²) < 4.78 is 0. The van der Waals surface area contributed by atoms with Crippen LogP contribution in [0.15, 0.2) is 84.9 Å². The molecule has 0 aliphatic carbocycles. The van der Waals surface area contributed by atoms with Crippen LogP contribution < -0.4 is 0 Å². The zero-order chi connectivity index (χ0) is 16.5. The maximum Gasteiger partial charge on any atom is 0.0406 e. The van der Waals surface area contributed by atoms with E-state index in [9.17, 15) is 0 Å². The first-order valence-electron chi connectivity index (χ1n) is 7.75. The molecule has 0 amide bonds. The first-order valence-corrected chi connectivity index (χ1v) is 8.50. The minimum absolute atomic E-state index is 0.757. The predicted octanol–water partition coefficient (Wildman–Crippen LogP) is 7.48. The Balaban J connectivity index is 1.75. The summed E-state index contributed by atoms with van der Waals surface area (Å²) in [6, 6.07) is 28.9. The molecule has 116 valence electrons. The average molecular weight is 349 g/mol. The molecule has 0 aromatic heterocycles. The second-order valence-electron chi connectivity index (χ2n) is 5.79. The van der Waals surface area contributed by atoms with E-state index in [-0.39, 0.29) is 0 Å². The smallest absolute Gasteiger partial charge is 0.0406 e. The Labute approximate surface area is 151 Å². The molecular formula is C22H14Cl2. The molecule has 0 aliphatic heterocycles. The van der Waals surface area contributed by atoms with Crippen LogP contribution in [0.25, 0.3) is 33.0 Å². The Morgan fingerprint density at radius 3 is 1.08 bits per heavy atom. The highest BCUT2D eigenvalue weighted by atomic mass is 35.5. The first-order chi connectivity index (χ1) is 11.7. The van der Waals surface area contributed by atoms with E-state index in [0.717, 1.165) is 10.0 Å². The van der Waals surface area contributed by atoms with Gasteiger partial charge in [0.2, 0.25) is 0 Å². The third kappa shape index (κ3) is 3.03. The molecule has 4 rings (SSSR count). The molecule has 24 heavy (non-hydrogen) atoms. The fourth-order valence-electron chi connectivity index (χ4n) is 2.89. The molecule has 0 N–H and O–H groups in total. The molecule has 4 aromatic carbocycles. The first kappa shape index (κ1) is 15.3. The van der Waals surface area contributed by atoms with Crippen molar-refractivity contribution in [2.45, 2.75) is 0 Å². The van der Waals surface area contributed by atoms with Gasteiger partial charge in [0.25, 0.3) is 0 Å². The van der Waals surface area contributed by atoms with Crippen molar-refractivity contribution in [3.63, 3.8) is 0 Å². The predicted molar refractivity (Wildman–Crippen MR) is 105 cm³/mol. The van der Waals surface area contributed by atoms with E-state index < -0.39 is 0 Å². The van der Waals surface area contributed by atoms with Crippen molar-refractivity contribution in [3.05, 3.63) is 95.0 Å². The van der Waals surface area contributed by atoms with Gasteiger partial charge in [0, 0.05) is 10.0 Å². The van der Waals surface area contributed by atoms with Crippen molar-refractivity contribution >= 4 is 34.0 Å². The van der Waals surface area contributed by atoms with Crippen molar-refractivity contribution in [2.75, 3.05) is 0 Å². The van der Waals surface area contributed by atoms with Crippen LogP contribution in [0.5, 0.6) is 0 Å². The molecule has 4 aromatic rings. The lowest BCUT2D eigenvalue weighted by molar-refractivity contribution is 1.62. The highest BCUT2D eigenvalue weighted by molar-refractivity contribution is 6.30. The summed E-state index contributed by atoms with van der Waals surface area (Å²) in [6.45, 7) is 0. The highest BCUT2D eigenvalue weighted by Crippen LogP contribution is 2.29. The number of hydrogen-bond acceptors (Lipinski definition) is 0. The summed E-state index contributed by atoms with van der Waals surface area (Å²) in [5.74, 6) is 0. The third-order valence-corrected chi connectivity index (χ3v) is 4.70. The quantitative estimate of drug-likeness (QED) is 0.352. The molecule has 0 bridgehead atoms. The van der Waals surface area contributed by atoms with Crippen LogP contribution in [0, 0.1) is 0 Å². The van der Waals surface area contributed by atoms with Gasteiger partial charge in [-0.1, -0.05) is 71.7 Å². The molecule has 0 saturated heterocycles. The van der Waals surface area contributed by atoms with E-state index in [1.54, 1.807) is 0 Å². The Kier molecular flexibility index (Phi) is 4.02. The van der Waals surface area contributed by atoms with E-state index >= 15 is 0 Å². The summed E-state index contributed by atoms with van der Waals surface area (Å²) in [7, 11) is 0. The van der Waals surface area contributed by atoms with Gasteiger partial charge in [-0.15, -0.1) is 0 Å². The lowest BCUT2D eigenvalue weighted by Crippen LogP contribution is -1.82. The largest absolute Gasteiger partial charge is 0.0843 e. The highest BCUT2D eigenvalue weighted by Gasteiger charge is 2.03. The molecule has 0 aliphatic rings. The average Bonchev–Trinajstić information content (AvgIpc) is 2.62. The zero-order valence-corrected chi connectivity index (χ0v) is 14.4. The van der Waals surface area contributed by atoms with Gasteiger partial charge in [-0.05, 0) is 69.4 Å². The Bertz CT molecular complexity index is 915. The van der Waals surface area contributed by atoms with Gasteiger partial charge in [0.1, 0.15) is 0 Å². The lowest BCUT2D eigenvalue weighted by Gasteiger charge is -2.07. The van der Waals surface area contributed by atoms with Gasteiger partial charge in [-0.25, -0.2) is 0 Å². The van der Waals surface area contributed by atoms with Gasteiger partial charge in [0.15, 0.2) is 0 Å². The molecule has 0 nitrogen and oxygen atoms in total. The number of hydrogen-bond donors (Lipinski definition) is 0. The number of benzene rings is 4. The summed E-state index contributed by atoms with van der Waals surface area (Å²) in [4.78, 5) is 0. The van der Waals surface area contributed by atoms with Gasteiger partial charge < -0.3 is 0 Å². The second-order valence-corrected chi connectivity index (χ2v) is 6.66. The molecule has 0 saturated carbocycles. The summed E-state index contributed by atoms with van der Waals surface area (Å²) in [5.41, 5.74) is 4.72. The van der Waals surface area contributed by atoms with Crippen LogP contribution in [-0.4, -0.2) is 0 Å². The molecule has 0 spiro atoms. The van der Waals surface area contributed by atoms with Crippen molar-refractivity contribution in [1.82, 2.24) is 0 Å². The molecular weight excluding hydrogens is 335 g/mol. The van der Waals surface area contributed by atoms with Gasteiger partial charge >= 0.3 is 0 Å². The fraction of sp³-hybridized carbons (Fsp3) is 0. The molecule has 0 fully saturated rings. The minimum Gasteiger partial charge on any atom is -0.0843 e. The Morgan fingerprint density at radius 1 is 0.375 bits per heavy atom. The molecule has 2 heteroatoms. The van der Waals surface area contributed by atoms with Crippen LogP contribution in [0.1, 0.15) is 0 Å². The van der Waals surface area contributed by atoms with Crippen LogP contribution in [0.3, 0.4) is 0 Å². The number of halogens is 2. The third-order valence-electron chi connectivity index (χ3n) is 4.20. The van der Waals surface area contributed by atoms with E-state index in [4.69, 9.17) is 23.2 Å². The molecule has 0 atom stereocenters. The summed E-state index contributed by atoms with van der Waals surface area (Å²) >= 11 is 11.9. The lowest BCUT2D eigenvalue weighted by atomic mass is 9.98. The standard InChI is InChI=1S/C22H14Cl2/c23-21-9-5-15(6-10-21)17-1-3-19-14-18(2-4-20(19)13-17)16-7-11-22(24)12-8-16/h1-14H. The SMILES string of the molecule is Clc1ccc(-c2ccc3cc(-c4ccc(Cl)cc4)ccc3c2)cc1. The number of rotatable bonds is 2. The Hall–Kier alpha value is -2.28. The van der Waals surface area contributed by atoms with Crippen LogP contribution in [0.2, 0.25) is 10.0 Å². The second kappa shape index (κ2) is 6.32. The zero-order valence-electron chi connectivity index (χ0n) is 12.8. The molecule has 0 unspecified atom stereocenters. The van der Waals surface area contributed by atoms with Gasteiger partial charge in [-0.3, -0.25) is 0 Å².